The van der Waals surface area contributed by atoms with E-state index in [4.69, 9.17) is 0 Å². The Hall–Kier alpha value is -2.78. The molecule has 0 unspecified atom stereocenters. The molecule has 0 atom stereocenters. The number of hydrogen-bond donors (Lipinski definition) is 0. The fourth-order valence-corrected chi connectivity index (χ4v) is 16.2. The van der Waals surface area contributed by atoms with Gasteiger partial charge in [0.1, 0.15) is 0 Å². The third-order valence-corrected chi connectivity index (χ3v) is 17.2. The van der Waals surface area contributed by atoms with Crippen molar-refractivity contribution in [2.24, 2.45) is 0 Å². The average molecular weight is 642 g/mol. The predicted octanol–water partition coefficient (Wildman–Crippen LogP) is 3.84. The van der Waals surface area contributed by atoms with Gasteiger partial charge in [-0.1, -0.05) is 0 Å². The fourth-order valence-electron chi connectivity index (χ4n) is 4.26. The molecule has 6 aromatic carbocycles. The Morgan fingerprint density at radius 1 is 0.405 bits per heavy atom. The Morgan fingerprint density at radius 2 is 0.757 bits per heavy atom. The van der Waals surface area contributed by atoms with Crippen LogP contribution in [0.15, 0.2) is 170 Å². The van der Waals surface area contributed by atoms with Gasteiger partial charge < -0.3 is 30.3 Å². The van der Waals surface area contributed by atoms with Gasteiger partial charge in [0.05, 0.1) is 0 Å². The van der Waals surface area contributed by atoms with Crippen LogP contribution in [0, 0.1) is 0 Å². The summed E-state index contributed by atoms with van der Waals surface area (Å²) in [6.07, 6.45) is 0. The van der Waals surface area contributed by atoms with Crippen molar-refractivity contribution in [2.45, 2.75) is 0 Å². The van der Waals surface area contributed by atoms with Gasteiger partial charge in [-0.15, -0.1) is 0 Å². The molecular weight excluding hydrogens is 614 g/mol. The van der Waals surface area contributed by atoms with E-state index >= 15 is 0 Å². The Labute approximate surface area is 240 Å². The summed E-state index contributed by atoms with van der Waals surface area (Å²) in [5, 5.41) is 0. The molecule has 0 aliphatic heterocycles. The maximum absolute atomic E-state index is 2.41. The van der Waals surface area contributed by atoms with Crippen LogP contribution in [0.1, 0.15) is 0 Å². The van der Waals surface area contributed by atoms with Crippen LogP contribution in [0.2, 0.25) is 0 Å². The molecule has 0 aliphatic rings. The molecule has 0 aliphatic carbocycles. The Bertz CT molecular complexity index is 1220. The molecular formula is C34H28As2Fe-6. The van der Waals surface area contributed by atoms with Gasteiger partial charge in [0, 0.05) is 17.1 Å². The van der Waals surface area contributed by atoms with Gasteiger partial charge in [-0.05, 0) is 0 Å². The first-order valence-corrected chi connectivity index (χ1v) is 17.8. The molecule has 0 fully saturated rings. The summed E-state index contributed by atoms with van der Waals surface area (Å²) in [5.41, 5.74) is 0. The van der Waals surface area contributed by atoms with Crippen LogP contribution in [0.3, 0.4) is 0 Å². The second-order valence-corrected chi connectivity index (χ2v) is 17.4. The molecule has 0 spiro atoms. The SMILES string of the molecule is [Fe].[cH-]1[cH-][cH-][cH-][cH-]1.c1ccc([As](c2ccccc2)c2ccc[c-]2[As](c2ccccc2)c2ccccc2)cc1. The van der Waals surface area contributed by atoms with E-state index < -0.39 is 29.3 Å². The van der Waals surface area contributed by atoms with Gasteiger partial charge in [0.2, 0.25) is 0 Å². The van der Waals surface area contributed by atoms with Crippen LogP contribution < -0.4 is 26.1 Å². The van der Waals surface area contributed by atoms with Crippen molar-refractivity contribution in [1.29, 1.82) is 0 Å². The molecule has 6 aromatic rings. The van der Waals surface area contributed by atoms with Crippen molar-refractivity contribution >= 4 is 55.4 Å². The zero-order chi connectivity index (χ0) is 24.4. The maximum atomic E-state index is 2.41. The van der Waals surface area contributed by atoms with Gasteiger partial charge in [-0.2, -0.15) is 0 Å². The molecule has 188 valence electrons. The van der Waals surface area contributed by atoms with E-state index in [1.807, 2.05) is 30.3 Å². The van der Waals surface area contributed by atoms with Crippen molar-refractivity contribution in [2.75, 3.05) is 0 Å². The van der Waals surface area contributed by atoms with E-state index in [1.165, 1.54) is 17.4 Å². The molecule has 0 saturated heterocycles. The van der Waals surface area contributed by atoms with Crippen LogP contribution in [0.25, 0.3) is 0 Å². The van der Waals surface area contributed by atoms with E-state index in [0.29, 0.717) is 0 Å². The molecule has 0 radical (unpaired) electrons. The zero-order valence-corrected chi connectivity index (χ0v) is 25.3. The standard InChI is InChI=1S/C29H23As2.C5H5.Fe/c1-5-14-24(15-6-1)30(25-16-7-2-8-17-25)28-22-13-23-29(28)31(26-18-9-3-10-19-26)27-20-11-4-12-21-27;1-2-4-5-3-1;/h1-23H;1-5H;/q-1;-5;. The van der Waals surface area contributed by atoms with E-state index in [-0.39, 0.29) is 17.1 Å². The summed E-state index contributed by atoms with van der Waals surface area (Å²) in [7, 11) is 0. The van der Waals surface area contributed by atoms with Crippen LogP contribution in [0.5, 0.6) is 0 Å². The molecule has 37 heavy (non-hydrogen) atoms. The van der Waals surface area contributed by atoms with Gasteiger partial charge in [0.25, 0.3) is 0 Å². The van der Waals surface area contributed by atoms with Crippen LogP contribution in [0.4, 0.5) is 0 Å². The van der Waals surface area contributed by atoms with Crippen LogP contribution in [-0.2, 0) is 17.1 Å². The van der Waals surface area contributed by atoms with Crippen molar-refractivity contribution in [1.82, 2.24) is 0 Å². The molecule has 0 amide bonds. The van der Waals surface area contributed by atoms with Crippen molar-refractivity contribution in [3.63, 3.8) is 0 Å². The first-order chi connectivity index (χ1) is 17.9. The summed E-state index contributed by atoms with van der Waals surface area (Å²) >= 11 is -3.31. The summed E-state index contributed by atoms with van der Waals surface area (Å²) in [6.45, 7) is 0. The Kier molecular flexibility index (Phi) is 10.5. The molecule has 0 N–H and O–H groups in total. The van der Waals surface area contributed by atoms with Gasteiger partial charge in [-0.25, -0.2) is 0 Å². The number of rotatable bonds is 6. The number of benzene rings is 4. The van der Waals surface area contributed by atoms with E-state index in [1.54, 1.807) is 8.70 Å². The summed E-state index contributed by atoms with van der Waals surface area (Å²) < 4.78 is 9.12. The molecule has 0 saturated carbocycles. The topological polar surface area (TPSA) is 0 Å². The van der Waals surface area contributed by atoms with Gasteiger partial charge in [-0.3, -0.25) is 0 Å². The predicted molar refractivity (Wildman–Crippen MR) is 159 cm³/mol. The quantitative estimate of drug-likeness (QED) is 0.192. The molecule has 6 rings (SSSR count). The van der Waals surface area contributed by atoms with Gasteiger partial charge in [0.15, 0.2) is 0 Å². The van der Waals surface area contributed by atoms with Crippen LogP contribution in [-0.4, -0.2) is 29.3 Å². The fraction of sp³-hybridized carbons (Fsp3) is 0. The van der Waals surface area contributed by atoms with Crippen molar-refractivity contribution in [3.8, 4) is 0 Å². The van der Waals surface area contributed by atoms with Gasteiger partial charge >= 0.3 is 195 Å². The molecule has 0 nitrogen and oxygen atoms in total. The Balaban J connectivity index is 0.000000479. The summed E-state index contributed by atoms with van der Waals surface area (Å²) in [5.74, 6) is 0. The Morgan fingerprint density at radius 3 is 1.14 bits per heavy atom. The minimum atomic E-state index is -1.66. The normalized spacial score (nSPS) is 10.4. The average Bonchev–Trinajstić information content (AvgIpc) is 3.68. The van der Waals surface area contributed by atoms with Crippen LogP contribution >= 0.6 is 0 Å². The van der Waals surface area contributed by atoms with Crippen molar-refractivity contribution < 1.29 is 17.1 Å². The monoisotopic (exact) mass is 642 g/mol. The zero-order valence-electron chi connectivity index (χ0n) is 20.4. The second-order valence-electron chi connectivity index (χ2n) is 8.27. The third kappa shape index (κ3) is 6.96. The summed E-state index contributed by atoms with van der Waals surface area (Å²) in [6, 6.07) is 61.7. The molecule has 0 heterocycles. The van der Waals surface area contributed by atoms with E-state index in [9.17, 15) is 0 Å². The molecule has 0 aromatic heterocycles. The molecule has 0 bridgehead atoms. The van der Waals surface area contributed by atoms with Crippen molar-refractivity contribution in [3.05, 3.63) is 170 Å². The summed E-state index contributed by atoms with van der Waals surface area (Å²) in [4.78, 5) is 0. The second kappa shape index (κ2) is 14.2. The first kappa shape index (κ1) is 27.3. The third-order valence-electron chi connectivity index (χ3n) is 5.87. The minimum absolute atomic E-state index is 0. The molecule has 3 heteroatoms. The first-order valence-electron chi connectivity index (χ1n) is 12.1. The van der Waals surface area contributed by atoms with E-state index in [2.05, 4.69) is 140 Å². The number of hydrogen-bond acceptors (Lipinski definition) is 0. The van der Waals surface area contributed by atoms with E-state index in [0.717, 1.165) is 0 Å².